The Morgan fingerprint density at radius 3 is 1.50 bits per heavy atom. The second-order valence-electron chi connectivity index (χ2n) is 11.0. The summed E-state index contributed by atoms with van der Waals surface area (Å²) in [5, 5.41) is 10.3. The van der Waals surface area contributed by atoms with Gasteiger partial charge in [-0.2, -0.15) is 5.26 Å². The number of anilines is 3. The zero-order chi connectivity index (χ0) is 31.7. The normalized spacial score (nSPS) is 13.6. The van der Waals surface area contributed by atoms with E-state index in [9.17, 15) is 18.4 Å². The molecule has 0 atom stereocenters. The van der Waals surface area contributed by atoms with Crippen LogP contribution in [0.15, 0.2) is 115 Å². The van der Waals surface area contributed by atoms with Crippen molar-refractivity contribution in [3.05, 3.63) is 172 Å². The molecule has 8 rings (SSSR count). The van der Waals surface area contributed by atoms with Gasteiger partial charge in [0.05, 0.1) is 33.6 Å². The highest BCUT2D eigenvalue weighted by Gasteiger charge is 2.51. The van der Waals surface area contributed by atoms with Crippen LogP contribution in [0.1, 0.15) is 27.8 Å². The van der Waals surface area contributed by atoms with Gasteiger partial charge in [0.25, 0.3) is 0 Å². The monoisotopic (exact) mass is 614 g/mol. The first-order chi connectivity index (χ1) is 22.4. The number of para-hydroxylation sites is 5. The lowest BCUT2D eigenvalue weighted by Gasteiger charge is -2.48. The number of fused-ring (bicyclic) bond motifs is 8. The van der Waals surface area contributed by atoms with E-state index < -0.39 is 40.1 Å². The van der Waals surface area contributed by atoms with Gasteiger partial charge in [-0.25, -0.2) is 22.0 Å². The van der Waals surface area contributed by atoms with Crippen LogP contribution in [0.5, 0.6) is 11.5 Å². The summed E-state index contributed by atoms with van der Waals surface area (Å²) in [6.45, 7) is 0. The SMILES string of the molecule is N#Cc1cccc(-c2c(F)c(F)c(F)c(F)c2F)c1N1c2ccccc2C2(c3ccccc3Oc3ccccc32)c2ccccc21. The third kappa shape index (κ3) is 3.51. The molecule has 2 aliphatic heterocycles. The summed E-state index contributed by atoms with van der Waals surface area (Å²) in [6.07, 6.45) is 0. The highest BCUT2D eigenvalue weighted by molar-refractivity contribution is 5.97. The molecule has 46 heavy (non-hydrogen) atoms. The Bertz CT molecular complexity index is 2170. The van der Waals surface area contributed by atoms with Gasteiger partial charge in [0.15, 0.2) is 23.3 Å². The Morgan fingerprint density at radius 1 is 0.522 bits per heavy atom. The van der Waals surface area contributed by atoms with E-state index in [-0.39, 0.29) is 16.8 Å². The van der Waals surface area contributed by atoms with Crippen LogP contribution in [0, 0.1) is 40.4 Å². The van der Waals surface area contributed by atoms with Crippen LogP contribution in [-0.2, 0) is 5.41 Å². The molecule has 6 aromatic carbocycles. The first-order valence-corrected chi connectivity index (χ1v) is 14.3. The number of benzene rings is 6. The summed E-state index contributed by atoms with van der Waals surface area (Å²) in [5.41, 5.74) is 1.83. The minimum atomic E-state index is -2.26. The molecular formula is C38H19F5N2O. The van der Waals surface area contributed by atoms with Crippen LogP contribution in [0.2, 0.25) is 0 Å². The summed E-state index contributed by atoms with van der Waals surface area (Å²) in [7, 11) is 0. The maximum absolute atomic E-state index is 15.4. The molecule has 8 heteroatoms. The zero-order valence-electron chi connectivity index (χ0n) is 23.7. The first-order valence-electron chi connectivity index (χ1n) is 14.3. The molecule has 0 radical (unpaired) electrons. The molecule has 0 saturated carbocycles. The average molecular weight is 615 g/mol. The van der Waals surface area contributed by atoms with Crippen molar-refractivity contribution in [2.75, 3.05) is 4.90 Å². The van der Waals surface area contributed by atoms with Gasteiger partial charge in [-0.15, -0.1) is 0 Å². The molecule has 3 nitrogen and oxygen atoms in total. The number of ether oxygens (including phenoxy) is 1. The number of nitrogens with zero attached hydrogens (tertiary/aromatic N) is 2. The molecule has 0 saturated heterocycles. The highest BCUT2D eigenvalue weighted by atomic mass is 19.2. The molecule has 1 spiro atoms. The van der Waals surface area contributed by atoms with E-state index in [0.29, 0.717) is 22.9 Å². The molecule has 222 valence electrons. The van der Waals surface area contributed by atoms with E-state index in [0.717, 1.165) is 22.3 Å². The second-order valence-corrected chi connectivity index (χ2v) is 11.0. The Morgan fingerprint density at radius 2 is 0.978 bits per heavy atom. The van der Waals surface area contributed by atoms with Gasteiger partial charge in [-0.05, 0) is 41.5 Å². The molecule has 0 amide bonds. The number of nitriles is 1. The summed E-state index contributed by atoms with van der Waals surface area (Å²) < 4.78 is 80.6. The van der Waals surface area contributed by atoms with Crippen LogP contribution in [0.4, 0.5) is 39.0 Å². The quantitative estimate of drug-likeness (QED) is 0.110. The zero-order valence-corrected chi connectivity index (χ0v) is 23.7. The fourth-order valence-corrected chi connectivity index (χ4v) is 6.98. The molecule has 6 aromatic rings. The van der Waals surface area contributed by atoms with Gasteiger partial charge in [0.1, 0.15) is 17.6 Å². The predicted octanol–water partition coefficient (Wildman–Crippen LogP) is 10.2. The maximum Gasteiger partial charge on any atom is 0.200 e. The largest absolute Gasteiger partial charge is 0.457 e. The number of hydrogen-bond donors (Lipinski definition) is 0. The van der Waals surface area contributed by atoms with Crippen LogP contribution >= 0.6 is 0 Å². The topological polar surface area (TPSA) is 36.3 Å². The average Bonchev–Trinajstić information content (AvgIpc) is 3.10. The molecule has 0 aliphatic carbocycles. The lowest BCUT2D eigenvalue weighted by Crippen LogP contribution is -2.39. The number of hydrogen-bond acceptors (Lipinski definition) is 3. The van der Waals surface area contributed by atoms with E-state index in [2.05, 4.69) is 6.07 Å². The minimum Gasteiger partial charge on any atom is -0.457 e. The van der Waals surface area contributed by atoms with E-state index in [4.69, 9.17) is 4.74 Å². The van der Waals surface area contributed by atoms with Crippen LogP contribution in [0.3, 0.4) is 0 Å². The molecule has 2 aliphatic rings. The number of halogens is 5. The van der Waals surface area contributed by atoms with Crippen LogP contribution in [0.25, 0.3) is 11.1 Å². The van der Waals surface area contributed by atoms with Gasteiger partial charge >= 0.3 is 0 Å². The summed E-state index contributed by atoms with van der Waals surface area (Å²) in [4.78, 5) is 1.67. The lowest BCUT2D eigenvalue weighted by molar-refractivity contribution is 0.381. The number of rotatable bonds is 2. The minimum absolute atomic E-state index is 0.0309. The van der Waals surface area contributed by atoms with Gasteiger partial charge in [0, 0.05) is 16.7 Å². The second kappa shape index (κ2) is 10.0. The third-order valence-electron chi connectivity index (χ3n) is 8.76. The van der Waals surface area contributed by atoms with Crippen molar-refractivity contribution < 1.29 is 26.7 Å². The van der Waals surface area contributed by atoms with Gasteiger partial charge in [-0.3, -0.25) is 0 Å². The summed E-state index contributed by atoms with van der Waals surface area (Å²) >= 11 is 0. The van der Waals surface area contributed by atoms with E-state index in [1.165, 1.54) is 18.2 Å². The fourth-order valence-electron chi connectivity index (χ4n) is 6.98. The van der Waals surface area contributed by atoms with Crippen LogP contribution in [-0.4, -0.2) is 0 Å². The summed E-state index contributed by atoms with van der Waals surface area (Å²) in [5.74, 6) is -9.11. The van der Waals surface area contributed by atoms with E-state index in [1.807, 2.05) is 84.9 Å². The maximum atomic E-state index is 15.4. The molecule has 0 aromatic heterocycles. The van der Waals surface area contributed by atoms with Crippen molar-refractivity contribution in [3.8, 4) is 28.7 Å². The molecule has 2 heterocycles. The van der Waals surface area contributed by atoms with Gasteiger partial charge < -0.3 is 9.64 Å². The van der Waals surface area contributed by atoms with Gasteiger partial charge in [-0.1, -0.05) is 84.9 Å². The van der Waals surface area contributed by atoms with Crippen molar-refractivity contribution in [1.82, 2.24) is 0 Å². The lowest BCUT2D eigenvalue weighted by atomic mass is 9.61. The Hall–Kier alpha value is -5.94. The third-order valence-corrected chi connectivity index (χ3v) is 8.76. The highest BCUT2D eigenvalue weighted by Crippen LogP contribution is 2.63. The van der Waals surface area contributed by atoms with Crippen LogP contribution < -0.4 is 9.64 Å². The van der Waals surface area contributed by atoms with Crippen molar-refractivity contribution >= 4 is 17.1 Å². The van der Waals surface area contributed by atoms with Crippen molar-refractivity contribution in [2.24, 2.45) is 0 Å². The van der Waals surface area contributed by atoms with Crippen molar-refractivity contribution in [2.45, 2.75) is 5.41 Å². The first kappa shape index (κ1) is 27.6. The molecular weight excluding hydrogens is 595 g/mol. The van der Waals surface area contributed by atoms with Gasteiger partial charge in [0.2, 0.25) is 5.82 Å². The van der Waals surface area contributed by atoms with E-state index >= 15 is 8.78 Å². The van der Waals surface area contributed by atoms with Crippen molar-refractivity contribution in [1.29, 1.82) is 5.26 Å². The Kier molecular flexibility index (Phi) is 6.03. The molecule has 0 fully saturated rings. The smallest absolute Gasteiger partial charge is 0.200 e. The molecule has 0 N–H and O–H groups in total. The molecule has 0 unspecified atom stereocenters. The standard InChI is InChI=1S/C38H19F5N2O/c39-32-31(33(40)35(42)36(43)34(32)41)22-11-9-10-21(20-44)37(22)45-27-16-5-1-12-23(27)38(24-13-2-6-17-28(24)45)25-14-3-7-18-29(25)46-30-19-8-4-15-26(30)38/h1-19H. The van der Waals surface area contributed by atoms with Crippen molar-refractivity contribution in [3.63, 3.8) is 0 Å². The van der Waals surface area contributed by atoms with E-state index in [1.54, 1.807) is 17.0 Å². The molecule has 0 bridgehead atoms. The fraction of sp³-hybridized carbons (Fsp3) is 0.0263. The predicted molar refractivity (Wildman–Crippen MR) is 163 cm³/mol. The summed E-state index contributed by atoms with van der Waals surface area (Å²) in [6, 6.07) is 36.3. The Balaban J connectivity index is 1.53. The Labute approximate surface area is 260 Å².